The van der Waals surface area contributed by atoms with Gasteiger partial charge in [0.05, 0.1) is 12.6 Å². The highest BCUT2D eigenvalue weighted by molar-refractivity contribution is 6.00. The zero-order valence-corrected chi connectivity index (χ0v) is 13.5. The van der Waals surface area contributed by atoms with Crippen molar-refractivity contribution in [2.75, 3.05) is 13.2 Å². The second-order valence-electron chi connectivity index (χ2n) is 6.33. The van der Waals surface area contributed by atoms with Crippen molar-refractivity contribution in [3.8, 4) is 0 Å². The van der Waals surface area contributed by atoms with E-state index < -0.39 is 23.7 Å². The summed E-state index contributed by atoms with van der Waals surface area (Å²) in [6, 6.07) is -0.607. The van der Waals surface area contributed by atoms with E-state index in [1.54, 1.807) is 27.7 Å². The Labute approximate surface area is 125 Å². The third-order valence-electron chi connectivity index (χ3n) is 3.28. The quantitative estimate of drug-likeness (QED) is 0.587. The van der Waals surface area contributed by atoms with Gasteiger partial charge < -0.3 is 9.47 Å². The molecule has 1 saturated heterocycles. The molecule has 2 atom stereocenters. The third kappa shape index (κ3) is 5.02. The van der Waals surface area contributed by atoms with Crippen LogP contribution in [0.15, 0.2) is 0 Å². The fourth-order valence-electron chi connectivity index (χ4n) is 2.42. The number of ketones is 1. The van der Waals surface area contributed by atoms with Gasteiger partial charge in [-0.1, -0.05) is 6.92 Å². The standard InChI is InChI=1S/C15H25NO5/c1-6-20-12(18)9-11(17)13-10(2)7-8-16(13)14(19)21-15(3,4)5/h10,13H,6-9H2,1-5H3. The highest BCUT2D eigenvalue weighted by atomic mass is 16.6. The molecule has 1 aliphatic rings. The topological polar surface area (TPSA) is 72.9 Å². The van der Waals surface area contributed by atoms with Gasteiger partial charge in [-0.2, -0.15) is 0 Å². The first kappa shape index (κ1) is 17.5. The zero-order valence-electron chi connectivity index (χ0n) is 13.5. The molecule has 2 unspecified atom stereocenters. The fourth-order valence-corrected chi connectivity index (χ4v) is 2.42. The van der Waals surface area contributed by atoms with Gasteiger partial charge in [0, 0.05) is 6.54 Å². The van der Waals surface area contributed by atoms with Crippen LogP contribution in [0.3, 0.4) is 0 Å². The van der Waals surface area contributed by atoms with Crippen LogP contribution in [0.1, 0.15) is 47.5 Å². The Balaban J connectivity index is 2.74. The molecule has 0 aliphatic carbocycles. The van der Waals surface area contributed by atoms with Gasteiger partial charge in [0.15, 0.2) is 5.78 Å². The summed E-state index contributed by atoms with van der Waals surface area (Å²) in [6.45, 7) is 9.63. The monoisotopic (exact) mass is 299 g/mol. The Bertz CT molecular complexity index is 413. The predicted molar refractivity (Wildman–Crippen MR) is 76.8 cm³/mol. The SMILES string of the molecule is CCOC(=O)CC(=O)C1C(C)CCN1C(=O)OC(C)(C)C. The van der Waals surface area contributed by atoms with Crippen molar-refractivity contribution >= 4 is 17.8 Å². The largest absolute Gasteiger partial charge is 0.466 e. The summed E-state index contributed by atoms with van der Waals surface area (Å²) in [4.78, 5) is 37.3. The number of esters is 1. The minimum absolute atomic E-state index is 0.0134. The van der Waals surface area contributed by atoms with Crippen LogP contribution in [0.2, 0.25) is 0 Å². The maximum absolute atomic E-state index is 12.3. The van der Waals surface area contributed by atoms with E-state index in [-0.39, 0.29) is 24.7 Å². The van der Waals surface area contributed by atoms with E-state index in [0.717, 1.165) is 6.42 Å². The van der Waals surface area contributed by atoms with E-state index in [4.69, 9.17) is 9.47 Å². The van der Waals surface area contributed by atoms with Crippen LogP contribution >= 0.6 is 0 Å². The number of nitrogens with zero attached hydrogens (tertiary/aromatic N) is 1. The molecule has 1 amide bonds. The van der Waals surface area contributed by atoms with Crippen LogP contribution in [0.5, 0.6) is 0 Å². The summed E-state index contributed by atoms with van der Waals surface area (Å²) in [7, 11) is 0. The number of amides is 1. The maximum atomic E-state index is 12.3. The number of rotatable bonds is 4. The van der Waals surface area contributed by atoms with Gasteiger partial charge in [-0.15, -0.1) is 0 Å². The second-order valence-corrected chi connectivity index (χ2v) is 6.33. The third-order valence-corrected chi connectivity index (χ3v) is 3.28. The number of ether oxygens (including phenoxy) is 2. The van der Waals surface area contributed by atoms with E-state index in [2.05, 4.69) is 0 Å². The van der Waals surface area contributed by atoms with Crippen molar-refractivity contribution in [3.05, 3.63) is 0 Å². The molecule has 1 rings (SSSR count). The van der Waals surface area contributed by atoms with E-state index in [0.29, 0.717) is 6.54 Å². The Morgan fingerprint density at radius 3 is 2.38 bits per heavy atom. The molecule has 0 N–H and O–H groups in total. The number of hydrogen-bond acceptors (Lipinski definition) is 5. The van der Waals surface area contributed by atoms with Gasteiger partial charge in [-0.3, -0.25) is 14.5 Å². The molecule has 0 aromatic carbocycles. The average Bonchev–Trinajstić information content (AvgIpc) is 2.69. The number of hydrogen-bond donors (Lipinski definition) is 0. The van der Waals surface area contributed by atoms with Crippen LogP contribution in [-0.2, 0) is 19.1 Å². The normalized spacial score (nSPS) is 22.0. The molecule has 120 valence electrons. The summed E-state index contributed by atoms with van der Waals surface area (Å²) < 4.78 is 10.1. The Kier molecular flexibility index (Phi) is 5.75. The summed E-state index contributed by atoms with van der Waals surface area (Å²) in [6.07, 6.45) is -0.0882. The van der Waals surface area contributed by atoms with Gasteiger partial charge in [0.1, 0.15) is 12.0 Å². The molecule has 0 spiro atoms. The summed E-state index contributed by atoms with van der Waals surface area (Å²) >= 11 is 0. The minimum Gasteiger partial charge on any atom is -0.466 e. The average molecular weight is 299 g/mol. The number of Topliss-reactive ketones (excluding diaryl/α,β-unsaturated/α-hetero) is 1. The molecule has 1 fully saturated rings. The van der Waals surface area contributed by atoms with Gasteiger partial charge in [-0.25, -0.2) is 4.79 Å². The molecule has 6 heteroatoms. The van der Waals surface area contributed by atoms with E-state index in [1.165, 1.54) is 4.90 Å². The maximum Gasteiger partial charge on any atom is 0.410 e. The van der Waals surface area contributed by atoms with E-state index in [9.17, 15) is 14.4 Å². The number of carbonyl (C=O) groups is 3. The van der Waals surface area contributed by atoms with Crippen LogP contribution in [0, 0.1) is 5.92 Å². The lowest BCUT2D eigenvalue weighted by molar-refractivity contribution is -0.146. The number of likely N-dealkylation sites (tertiary alicyclic amines) is 1. The summed E-state index contributed by atoms with van der Waals surface area (Å²) in [5, 5.41) is 0. The van der Waals surface area contributed by atoms with Crippen LogP contribution in [-0.4, -0.2) is 47.5 Å². The van der Waals surface area contributed by atoms with Crippen molar-refractivity contribution in [3.63, 3.8) is 0 Å². The molecule has 0 aromatic rings. The summed E-state index contributed by atoms with van der Waals surface area (Å²) in [5.41, 5.74) is -0.613. The molecule has 6 nitrogen and oxygen atoms in total. The second kappa shape index (κ2) is 6.91. The highest BCUT2D eigenvalue weighted by Gasteiger charge is 2.41. The zero-order chi connectivity index (χ0) is 16.2. The minimum atomic E-state index is -0.613. The van der Waals surface area contributed by atoms with Crippen LogP contribution in [0.25, 0.3) is 0 Å². The molecule has 21 heavy (non-hydrogen) atoms. The van der Waals surface area contributed by atoms with Crippen LogP contribution in [0.4, 0.5) is 4.79 Å². The van der Waals surface area contributed by atoms with Gasteiger partial charge >= 0.3 is 12.1 Å². The smallest absolute Gasteiger partial charge is 0.410 e. The van der Waals surface area contributed by atoms with Crippen LogP contribution < -0.4 is 0 Å². The predicted octanol–water partition coefficient (Wildman–Crippen LogP) is 2.15. The van der Waals surface area contributed by atoms with E-state index in [1.807, 2.05) is 6.92 Å². The fraction of sp³-hybridized carbons (Fsp3) is 0.800. The molecule has 0 bridgehead atoms. The van der Waals surface area contributed by atoms with Gasteiger partial charge in [0.2, 0.25) is 0 Å². The van der Waals surface area contributed by atoms with Crippen molar-refractivity contribution < 1.29 is 23.9 Å². The van der Waals surface area contributed by atoms with Gasteiger partial charge in [-0.05, 0) is 40.0 Å². The van der Waals surface area contributed by atoms with Gasteiger partial charge in [0.25, 0.3) is 0 Å². The Hall–Kier alpha value is -1.59. The lowest BCUT2D eigenvalue weighted by Gasteiger charge is -2.29. The first-order valence-corrected chi connectivity index (χ1v) is 7.33. The first-order chi connectivity index (χ1) is 9.65. The highest BCUT2D eigenvalue weighted by Crippen LogP contribution is 2.27. The Morgan fingerprint density at radius 2 is 1.86 bits per heavy atom. The van der Waals surface area contributed by atoms with Crippen molar-refractivity contribution in [2.45, 2.75) is 59.1 Å². The lowest BCUT2D eigenvalue weighted by Crippen LogP contribution is -2.45. The molecular weight excluding hydrogens is 274 g/mol. The van der Waals surface area contributed by atoms with Crippen molar-refractivity contribution in [1.29, 1.82) is 0 Å². The first-order valence-electron chi connectivity index (χ1n) is 7.33. The van der Waals surface area contributed by atoms with Crippen molar-refractivity contribution in [1.82, 2.24) is 4.90 Å². The molecule has 0 radical (unpaired) electrons. The molecule has 1 aliphatic heterocycles. The molecular formula is C15H25NO5. The Morgan fingerprint density at radius 1 is 1.24 bits per heavy atom. The molecule has 1 heterocycles. The van der Waals surface area contributed by atoms with E-state index >= 15 is 0 Å². The molecule has 0 saturated carbocycles. The summed E-state index contributed by atoms with van der Waals surface area (Å²) in [5.74, 6) is -0.825. The van der Waals surface area contributed by atoms with Crippen molar-refractivity contribution in [2.24, 2.45) is 5.92 Å². The lowest BCUT2D eigenvalue weighted by atomic mass is 9.97. The number of carbonyl (C=O) groups excluding carboxylic acids is 3. The molecule has 0 aromatic heterocycles.